The Morgan fingerprint density at radius 1 is 1.00 bits per heavy atom. The monoisotopic (exact) mass is 442 g/mol. The first-order chi connectivity index (χ1) is 14.7. The normalized spacial score (nSPS) is 11.2. The number of ether oxygens (including phenoxy) is 1. The van der Waals surface area contributed by atoms with Crippen molar-refractivity contribution in [2.24, 2.45) is 0 Å². The van der Waals surface area contributed by atoms with Crippen LogP contribution in [0, 0.1) is 5.82 Å². The van der Waals surface area contributed by atoms with Gasteiger partial charge in [-0.25, -0.2) is 12.8 Å². The molecule has 162 valence electrons. The van der Waals surface area contributed by atoms with Gasteiger partial charge in [0.15, 0.2) is 0 Å². The van der Waals surface area contributed by atoms with Gasteiger partial charge in [0, 0.05) is 17.8 Å². The maximum atomic E-state index is 13.0. The van der Waals surface area contributed by atoms with E-state index in [1.165, 1.54) is 36.4 Å². The third-order valence-corrected chi connectivity index (χ3v) is 5.61. The molecule has 0 saturated heterocycles. The molecule has 8 heteroatoms. The Morgan fingerprint density at radius 3 is 2.42 bits per heavy atom. The molecule has 31 heavy (non-hydrogen) atoms. The van der Waals surface area contributed by atoms with Crippen molar-refractivity contribution < 1.29 is 22.3 Å². The lowest BCUT2D eigenvalue weighted by Crippen LogP contribution is -2.23. The summed E-state index contributed by atoms with van der Waals surface area (Å²) in [6.45, 7) is 4.12. The highest BCUT2D eigenvalue weighted by Crippen LogP contribution is 2.18. The zero-order valence-corrected chi connectivity index (χ0v) is 17.9. The summed E-state index contributed by atoms with van der Waals surface area (Å²) in [5, 5.41) is 2.78. The minimum atomic E-state index is -3.94. The Labute approximate surface area is 181 Å². The van der Waals surface area contributed by atoms with Gasteiger partial charge in [-0.1, -0.05) is 18.2 Å². The standard InChI is InChI=1S/C23H23FN2O4S/c1-16(2)30-21-7-3-5-17(13-21)15-25-23(27)18-6-4-8-22(14-18)31(28,29)26-20-11-9-19(24)10-12-20/h3-14,16,26H,15H2,1-2H3,(H,25,27). The Kier molecular flexibility index (Phi) is 6.91. The second-order valence-electron chi connectivity index (χ2n) is 7.14. The molecule has 3 rings (SSSR count). The molecule has 2 N–H and O–H groups in total. The van der Waals surface area contributed by atoms with Crippen LogP contribution in [0.15, 0.2) is 77.7 Å². The summed E-state index contributed by atoms with van der Waals surface area (Å²) < 4.78 is 46.3. The molecule has 1 amide bonds. The van der Waals surface area contributed by atoms with E-state index in [1.54, 1.807) is 0 Å². The van der Waals surface area contributed by atoms with Gasteiger partial charge < -0.3 is 10.1 Å². The van der Waals surface area contributed by atoms with Gasteiger partial charge >= 0.3 is 0 Å². The highest BCUT2D eigenvalue weighted by molar-refractivity contribution is 7.92. The third kappa shape index (κ3) is 6.29. The number of sulfonamides is 1. The molecule has 0 aromatic heterocycles. The van der Waals surface area contributed by atoms with E-state index in [0.717, 1.165) is 17.7 Å². The van der Waals surface area contributed by atoms with Crippen molar-refractivity contribution in [1.82, 2.24) is 5.32 Å². The molecule has 0 unspecified atom stereocenters. The van der Waals surface area contributed by atoms with E-state index in [9.17, 15) is 17.6 Å². The largest absolute Gasteiger partial charge is 0.491 e. The number of rotatable bonds is 8. The first kappa shape index (κ1) is 22.3. The van der Waals surface area contributed by atoms with Gasteiger partial charge in [-0.05, 0) is 74.0 Å². The first-order valence-electron chi connectivity index (χ1n) is 9.65. The lowest BCUT2D eigenvalue weighted by atomic mass is 10.2. The molecular formula is C23H23FN2O4S. The quantitative estimate of drug-likeness (QED) is 0.543. The zero-order valence-electron chi connectivity index (χ0n) is 17.1. The number of anilines is 1. The van der Waals surface area contributed by atoms with Gasteiger partial charge in [0.2, 0.25) is 0 Å². The topological polar surface area (TPSA) is 84.5 Å². The summed E-state index contributed by atoms with van der Waals surface area (Å²) in [6.07, 6.45) is 0.0399. The number of nitrogens with one attached hydrogen (secondary N) is 2. The van der Waals surface area contributed by atoms with Crippen LogP contribution >= 0.6 is 0 Å². The molecule has 3 aromatic rings. The number of halogens is 1. The smallest absolute Gasteiger partial charge is 0.261 e. The van der Waals surface area contributed by atoms with Crippen LogP contribution in [0.3, 0.4) is 0 Å². The Balaban J connectivity index is 1.69. The van der Waals surface area contributed by atoms with Crippen molar-refractivity contribution in [3.05, 3.63) is 89.7 Å². The number of carbonyl (C=O) groups excluding carboxylic acids is 1. The van der Waals surface area contributed by atoms with Crippen LogP contribution in [0.1, 0.15) is 29.8 Å². The lowest BCUT2D eigenvalue weighted by molar-refractivity contribution is 0.0950. The van der Waals surface area contributed by atoms with Crippen molar-refractivity contribution in [1.29, 1.82) is 0 Å². The summed E-state index contributed by atoms with van der Waals surface area (Å²) in [5.74, 6) is -0.168. The van der Waals surface area contributed by atoms with E-state index in [-0.39, 0.29) is 28.8 Å². The molecule has 3 aromatic carbocycles. The molecule has 6 nitrogen and oxygen atoms in total. The predicted octanol–water partition coefficient (Wildman–Crippen LogP) is 4.34. The van der Waals surface area contributed by atoms with Gasteiger partial charge in [0.25, 0.3) is 15.9 Å². The van der Waals surface area contributed by atoms with E-state index in [0.29, 0.717) is 5.75 Å². The van der Waals surface area contributed by atoms with Crippen molar-refractivity contribution in [2.75, 3.05) is 4.72 Å². The second-order valence-corrected chi connectivity index (χ2v) is 8.82. The van der Waals surface area contributed by atoms with Gasteiger partial charge in [-0.3, -0.25) is 9.52 Å². The number of hydrogen-bond donors (Lipinski definition) is 2. The van der Waals surface area contributed by atoms with E-state index in [2.05, 4.69) is 10.0 Å². The molecule has 0 aliphatic heterocycles. The van der Waals surface area contributed by atoms with Crippen molar-refractivity contribution >= 4 is 21.6 Å². The fourth-order valence-corrected chi connectivity index (χ4v) is 3.93. The SMILES string of the molecule is CC(C)Oc1cccc(CNC(=O)c2cccc(S(=O)(=O)Nc3ccc(F)cc3)c2)c1. The van der Waals surface area contributed by atoms with E-state index in [1.807, 2.05) is 38.1 Å². The maximum absolute atomic E-state index is 13.0. The number of hydrogen-bond acceptors (Lipinski definition) is 4. The summed E-state index contributed by atoms with van der Waals surface area (Å²) in [7, 11) is -3.94. The van der Waals surface area contributed by atoms with Crippen LogP contribution in [0.5, 0.6) is 5.75 Å². The fraction of sp³-hybridized carbons (Fsp3) is 0.174. The van der Waals surface area contributed by atoms with Crippen molar-refractivity contribution in [3.8, 4) is 5.75 Å². The summed E-state index contributed by atoms with van der Waals surface area (Å²) in [4.78, 5) is 12.5. The fourth-order valence-electron chi connectivity index (χ4n) is 2.82. The molecule has 0 spiro atoms. The molecule has 0 fully saturated rings. The summed E-state index contributed by atoms with van der Waals surface area (Å²) >= 11 is 0. The second kappa shape index (κ2) is 9.61. The van der Waals surface area contributed by atoms with Crippen molar-refractivity contribution in [3.63, 3.8) is 0 Å². The minimum Gasteiger partial charge on any atom is -0.491 e. The van der Waals surface area contributed by atoms with E-state index < -0.39 is 21.7 Å². The maximum Gasteiger partial charge on any atom is 0.261 e. The van der Waals surface area contributed by atoms with Crippen LogP contribution in [-0.4, -0.2) is 20.4 Å². The molecular weight excluding hydrogens is 419 g/mol. The van der Waals surface area contributed by atoms with E-state index in [4.69, 9.17) is 4.74 Å². The molecule has 0 atom stereocenters. The minimum absolute atomic E-state index is 0.0399. The average Bonchev–Trinajstić information content (AvgIpc) is 2.73. The third-order valence-electron chi connectivity index (χ3n) is 4.23. The van der Waals surface area contributed by atoms with Gasteiger partial charge in [-0.15, -0.1) is 0 Å². The Hall–Kier alpha value is -3.39. The number of carbonyl (C=O) groups is 1. The summed E-state index contributed by atoms with van der Waals surface area (Å²) in [6, 6.07) is 18.0. The van der Waals surface area contributed by atoms with Crippen LogP contribution < -0.4 is 14.8 Å². The van der Waals surface area contributed by atoms with Crippen molar-refractivity contribution in [2.45, 2.75) is 31.4 Å². The number of amides is 1. The number of benzene rings is 3. The lowest BCUT2D eigenvalue weighted by Gasteiger charge is -2.12. The molecule has 0 aliphatic carbocycles. The van der Waals surface area contributed by atoms with Crippen LogP contribution in [0.2, 0.25) is 0 Å². The van der Waals surface area contributed by atoms with Gasteiger partial charge in [0.05, 0.1) is 11.0 Å². The zero-order chi connectivity index (χ0) is 22.4. The highest BCUT2D eigenvalue weighted by Gasteiger charge is 2.16. The Bertz CT molecular complexity index is 1160. The van der Waals surface area contributed by atoms with Crippen LogP contribution in [0.25, 0.3) is 0 Å². The average molecular weight is 443 g/mol. The van der Waals surface area contributed by atoms with Gasteiger partial charge in [-0.2, -0.15) is 0 Å². The van der Waals surface area contributed by atoms with Crippen LogP contribution in [-0.2, 0) is 16.6 Å². The molecule has 0 heterocycles. The molecule has 0 saturated carbocycles. The van der Waals surface area contributed by atoms with Crippen LogP contribution in [0.4, 0.5) is 10.1 Å². The molecule has 0 radical (unpaired) electrons. The summed E-state index contributed by atoms with van der Waals surface area (Å²) in [5.41, 5.74) is 1.28. The first-order valence-corrected chi connectivity index (χ1v) is 11.1. The molecule has 0 bridgehead atoms. The highest BCUT2D eigenvalue weighted by atomic mass is 32.2. The van der Waals surface area contributed by atoms with Gasteiger partial charge in [0.1, 0.15) is 11.6 Å². The predicted molar refractivity (Wildman–Crippen MR) is 117 cm³/mol. The molecule has 0 aliphatic rings. The Morgan fingerprint density at radius 2 is 1.71 bits per heavy atom. The van der Waals surface area contributed by atoms with E-state index >= 15 is 0 Å².